The van der Waals surface area contributed by atoms with Gasteiger partial charge in [-0.15, -0.1) is 0 Å². The third-order valence-corrected chi connectivity index (χ3v) is 8.04. The molecule has 0 rings (SSSR count). The highest BCUT2D eigenvalue weighted by Crippen LogP contribution is 2.22. The Labute approximate surface area is 225 Å². The van der Waals surface area contributed by atoms with Crippen LogP contribution >= 0.6 is 0 Å². The SMILES string of the molecule is CCCCC(CC)COC(=O)CCCCCCCCCCC(C)C(C)C(=O)OCC(CC)CCCC. The van der Waals surface area contributed by atoms with Crippen LogP contribution in [0.25, 0.3) is 0 Å². The average molecular weight is 511 g/mol. The Kier molecular flexibility index (Phi) is 23.6. The third kappa shape index (κ3) is 19.1. The Morgan fingerprint density at radius 3 is 1.56 bits per heavy atom. The highest BCUT2D eigenvalue weighted by molar-refractivity contribution is 5.72. The smallest absolute Gasteiger partial charge is 0.308 e. The third-order valence-electron chi connectivity index (χ3n) is 8.04. The molecule has 0 aliphatic carbocycles. The first-order valence-electron chi connectivity index (χ1n) is 15.7. The molecule has 0 spiro atoms. The Morgan fingerprint density at radius 2 is 1.06 bits per heavy atom. The molecule has 0 aromatic carbocycles. The minimum atomic E-state index is -0.0150. The quantitative estimate of drug-likeness (QED) is 0.0906. The van der Waals surface area contributed by atoms with Gasteiger partial charge in [-0.1, -0.05) is 125 Å². The average Bonchev–Trinajstić information content (AvgIpc) is 2.89. The lowest BCUT2D eigenvalue weighted by Gasteiger charge is -2.21. The molecular formula is C32H62O4. The lowest BCUT2D eigenvalue weighted by atomic mass is 9.90. The van der Waals surface area contributed by atoms with Crippen LogP contribution in [0.4, 0.5) is 0 Å². The second-order valence-corrected chi connectivity index (χ2v) is 11.3. The summed E-state index contributed by atoms with van der Waals surface area (Å²) in [4.78, 5) is 24.4. The van der Waals surface area contributed by atoms with Gasteiger partial charge in [0, 0.05) is 6.42 Å². The van der Waals surface area contributed by atoms with Gasteiger partial charge in [0.1, 0.15) is 0 Å². The molecule has 0 saturated heterocycles. The minimum Gasteiger partial charge on any atom is -0.465 e. The van der Waals surface area contributed by atoms with Gasteiger partial charge in [0.05, 0.1) is 19.1 Å². The highest BCUT2D eigenvalue weighted by atomic mass is 16.5. The predicted octanol–water partition coefficient (Wildman–Crippen LogP) is 9.68. The first-order valence-corrected chi connectivity index (χ1v) is 15.7. The van der Waals surface area contributed by atoms with Crippen molar-refractivity contribution in [3.05, 3.63) is 0 Å². The Hall–Kier alpha value is -1.06. The number of ether oxygens (including phenoxy) is 2. The fraction of sp³-hybridized carbons (Fsp3) is 0.938. The van der Waals surface area contributed by atoms with Crippen LogP contribution in [0.1, 0.15) is 157 Å². The largest absolute Gasteiger partial charge is 0.465 e. The number of hydrogen-bond donors (Lipinski definition) is 0. The summed E-state index contributed by atoms with van der Waals surface area (Å²) in [5.74, 6) is 1.39. The van der Waals surface area contributed by atoms with Gasteiger partial charge in [0.2, 0.25) is 0 Å². The molecule has 4 atom stereocenters. The number of unbranched alkanes of at least 4 members (excludes halogenated alkanes) is 9. The topological polar surface area (TPSA) is 52.6 Å². The summed E-state index contributed by atoms with van der Waals surface area (Å²) in [5, 5.41) is 0. The Morgan fingerprint density at radius 1 is 0.583 bits per heavy atom. The molecule has 0 saturated carbocycles. The van der Waals surface area contributed by atoms with E-state index in [9.17, 15) is 9.59 Å². The zero-order valence-electron chi connectivity index (χ0n) is 25.1. The van der Waals surface area contributed by atoms with Gasteiger partial charge in [-0.2, -0.15) is 0 Å². The van der Waals surface area contributed by atoms with Gasteiger partial charge < -0.3 is 9.47 Å². The molecule has 0 fully saturated rings. The van der Waals surface area contributed by atoms with Crippen LogP contribution in [-0.2, 0) is 19.1 Å². The Balaban J connectivity index is 3.71. The molecule has 4 unspecified atom stereocenters. The number of rotatable bonds is 25. The Bertz CT molecular complexity index is 518. The first-order chi connectivity index (χ1) is 17.4. The first kappa shape index (κ1) is 34.9. The summed E-state index contributed by atoms with van der Waals surface area (Å²) in [7, 11) is 0. The fourth-order valence-corrected chi connectivity index (χ4v) is 4.69. The molecule has 214 valence electrons. The van der Waals surface area contributed by atoms with E-state index in [4.69, 9.17) is 9.47 Å². The molecule has 0 aromatic rings. The van der Waals surface area contributed by atoms with Crippen molar-refractivity contribution in [2.24, 2.45) is 23.7 Å². The van der Waals surface area contributed by atoms with Crippen LogP contribution in [0.15, 0.2) is 0 Å². The molecule has 36 heavy (non-hydrogen) atoms. The molecule has 0 aliphatic rings. The standard InChI is InChI=1S/C32H62O4/c1-7-11-22-29(9-3)25-35-31(33)24-20-18-16-14-13-15-17-19-21-27(5)28(6)32(34)36-26-30(10-4)23-12-8-2/h27-30H,7-26H2,1-6H3. The predicted molar refractivity (Wildman–Crippen MR) is 153 cm³/mol. The molecule has 0 heterocycles. The van der Waals surface area contributed by atoms with Crippen molar-refractivity contribution >= 4 is 11.9 Å². The van der Waals surface area contributed by atoms with Crippen molar-refractivity contribution in [3.63, 3.8) is 0 Å². The van der Waals surface area contributed by atoms with E-state index in [0.29, 0.717) is 37.4 Å². The second kappa shape index (κ2) is 24.3. The molecule has 0 N–H and O–H groups in total. The molecule has 4 heteroatoms. The van der Waals surface area contributed by atoms with Crippen LogP contribution in [-0.4, -0.2) is 25.2 Å². The highest BCUT2D eigenvalue weighted by Gasteiger charge is 2.22. The van der Waals surface area contributed by atoms with Gasteiger partial charge in [-0.25, -0.2) is 0 Å². The van der Waals surface area contributed by atoms with Crippen LogP contribution in [0.2, 0.25) is 0 Å². The summed E-state index contributed by atoms with van der Waals surface area (Å²) in [6.07, 6.45) is 20.5. The molecular weight excluding hydrogens is 448 g/mol. The lowest BCUT2D eigenvalue weighted by molar-refractivity contribution is -0.151. The van der Waals surface area contributed by atoms with Crippen LogP contribution in [0.5, 0.6) is 0 Å². The number of carbonyl (C=O) groups excluding carboxylic acids is 2. The number of carbonyl (C=O) groups is 2. The van der Waals surface area contributed by atoms with E-state index in [1.165, 1.54) is 70.6 Å². The van der Waals surface area contributed by atoms with E-state index < -0.39 is 0 Å². The summed E-state index contributed by atoms with van der Waals surface area (Å²) >= 11 is 0. The van der Waals surface area contributed by atoms with Crippen LogP contribution < -0.4 is 0 Å². The van der Waals surface area contributed by atoms with E-state index in [1.54, 1.807) is 0 Å². The summed E-state index contributed by atoms with van der Waals surface area (Å²) in [5.41, 5.74) is 0. The van der Waals surface area contributed by atoms with Crippen molar-refractivity contribution in [3.8, 4) is 0 Å². The molecule has 0 aromatic heterocycles. The molecule has 0 aliphatic heterocycles. The fourth-order valence-electron chi connectivity index (χ4n) is 4.69. The van der Waals surface area contributed by atoms with Gasteiger partial charge >= 0.3 is 11.9 Å². The van der Waals surface area contributed by atoms with Gasteiger partial charge in [0.25, 0.3) is 0 Å². The summed E-state index contributed by atoms with van der Waals surface area (Å²) in [6.45, 7) is 14.2. The van der Waals surface area contributed by atoms with Crippen LogP contribution in [0, 0.1) is 23.7 Å². The number of hydrogen-bond acceptors (Lipinski definition) is 4. The summed E-state index contributed by atoms with van der Waals surface area (Å²) < 4.78 is 11.1. The van der Waals surface area contributed by atoms with E-state index in [-0.39, 0.29) is 17.9 Å². The van der Waals surface area contributed by atoms with Gasteiger partial charge in [-0.05, 0) is 43.4 Å². The van der Waals surface area contributed by atoms with Crippen molar-refractivity contribution in [1.82, 2.24) is 0 Å². The van der Waals surface area contributed by atoms with E-state index >= 15 is 0 Å². The van der Waals surface area contributed by atoms with Crippen molar-refractivity contribution in [1.29, 1.82) is 0 Å². The van der Waals surface area contributed by atoms with Gasteiger partial charge in [-0.3, -0.25) is 9.59 Å². The zero-order chi connectivity index (χ0) is 27.0. The van der Waals surface area contributed by atoms with Gasteiger partial charge in [0.15, 0.2) is 0 Å². The number of esters is 2. The molecule has 0 amide bonds. The lowest BCUT2D eigenvalue weighted by Crippen LogP contribution is -2.24. The van der Waals surface area contributed by atoms with Crippen molar-refractivity contribution in [2.75, 3.05) is 13.2 Å². The maximum absolute atomic E-state index is 12.4. The van der Waals surface area contributed by atoms with Crippen molar-refractivity contribution in [2.45, 2.75) is 157 Å². The molecule has 0 radical (unpaired) electrons. The van der Waals surface area contributed by atoms with E-state index in [1.807, 2.05) is 6.92 Å². The normalized spacial score (nSPS) is 14.7. The monoisotopic (exact) mass is 510 g/mol. The van der Waals surface area contributed by atoms with Crippen LogP contribution in [0.3, 0.4) is 0 Å². The van der Waals surface area contributed by atoms with E-state index in [0.717, 1.165) is 38.5 Å². The zero-order valence-corrected chi connectivity index (χ0v) is 25.1. The molecule has 0 bridgehead atoms. The van der Waals surface area contributed by atoms with E-state index in [2.05, 4.69) is 34.6 Å². The van der Waals surface area contributed by atoms with Crippen molar-refractivity contribution < 1.29 is 19.1 Å². The molecule has 4 nitrogen and oxygen atoms in total. The minimum absolute atomic E-state index is 0.00966. The summed E-state index contributed by atoms with van der Waals surface area (Å²) in [6, 6.07) is 0. The maximum atomic E-state index is 12.4. The second-order valence-electron chi connectivity index (χ2n) is 11.3. The maximum Gasteiger partial charge on any atom is 0.308 e.